The predicted octanol–water partition coefficient (Wildman–Crippen LogP) is 4.95. The molecule has 0 spiro atoms. The van der Waals surface area contributed by atoms with E-state index in [1.54, 1.807) is 6.07 Å². The molecule has 2 aromatic carbocycles. The third-order valence-corrected chi connectivity index (χ3v) is 5.32. The minimum Gasteiger partial charge on any atom is -0.378 e. The maximum atomic E-state index is 14.0. The number of hydrogen-bond donors (Lipinski definition) is 0. The van der Waals surface area contributed by atoms with Gasteiger partial charge in [0, 0.05) is 25.3 Å². The fraction of sp³-hybridized carbons (Fsp3) is 0.111. The predicted molar refractivity (Wildman–Crippen MR) is 108 cm³/mol. The third kappa shape index (κ3) is 3.56. The number of thiocarbonyl (C=S) groups is 1. The number of amides is 1. The first-order valence-electron chi connectivity index (χ1n) is 7.38. The van der Waals surface area contributed by atoms with E-state index < -0.39 is 5.82 Å². The molecule has 1 saturated heterocycles. The van der Waals surface area contributed by atoms with Gasteiger partial charge in [-0.3, -0.25) is 9.69 Å². The van der Waals surface area contributed by atoms with Crippen LogP contribution in [0.2, 0.25) is 5.02 Å². The van der Waals surface area contributed by atoms with E-state index >= 15 is 0 Å². The van der Waals surface area contributed by atoms with Gasteiger partial charge in [0.2, 0.25) is 0 Å². The van der Waals surface area contributed by atoms with Crippen LogP contribution in [-0.4, -0.2) is 24.3 Å². The van der Waals surface area contributed by atoms with E-state index in [1.165, 1.54) is 23.1 Å². The van der Waals surface area contributed by atoms with E-state index in [9.17, 15) is 9.18 Å². The van der Waals surface area contributed by atoms with Crippen molar-refractivity contribution in [2.24, 2.45) is 0 Å². The molecule has 0 unspecified atom stereocenters. The number of anilines is 2. The minimum atomic E-state index is -0.479. The van der Waals surface area contributed by atoms with Gasteiger partial charge in [-0.2, -0.15) is 0 Å². The molecule has 1 aliphatic heterocycles. The fourth-order valence-corrected chi connectivity index (χ4v) is 3.87. The SMILES string of the molecule is CN(C)c1ccc(N2C(=O)C(=Cc3c(F)cccc3Cl)SC2=S)cc1. The van der Waals surface area contributed by atoms with Gasteiger partial charge in [0.05, 0.1) is 15.6 Å². The van der Waals surface area contributed by atoms with Crippen molar-refractivity contribution in [1.29, 1.82) is 0 Å². The molecule has 0 bridgehead atoms. The van der Waals surface area contributed by atoms with Gasteiger partial charge in [-0.1, -0.05) is 41.6 Å². The monoisotopic (exact) mass is 392 g/mol. The lowest BCUT2D eigenvalue weighted by molar-refractivity contribution is -0.113. The molecule has 0 aliphatic carbocycles. The minimum absolute atomic E-state index is 0.188. The van der Waals surface area contributed by atoms with E-state index in [4.69, 9.17) is 23.8 Å². The Hall–Kier alpha value is -1.89. The summed E-state index contributed by atoms with van der Waals surface area (Å²) in [5.41, 5.74) is 1.88. The quantitative estimate of drug-likeness (QED) is 0.544. The Labute approximate surface area is 160 Å². The van der Waals surface area contributed by atoms with Crippen LogP contribution in [0.5, 0.6) is 0 Å². The fourth-order valence-electron chi connectivity index (χ4n) is 2.37. The zero-order valence-corrected chi connectivity index (χ0v) is 15.9. The number of thioether (sulfide) groups is 1. The Bertz CT molecular complexity index is 861. The molecule has 1 amide bonds. The lowest BCUT2D eigenvalue weighted by Crippen LogP contribution is -2.27. The molecule has 1 fully saturated rings. The summed E-state index contributed by atoms with van der Waals surface area (Å²) in [7, 11) is 3.88. The van der Waals surface area contributed by atoms with Crippen molar-refractivity contribution >= 4 is 63.3 Å². The van der Waals surface area contributed by atoms with Crippen molar-refractivity contribution in [2.45, 2.75) is 0 Å². The molecule has 0 N–H and O–H groups in total. The summed E-state index contributed by atoms with van der Waals surface area (Å²) in [5.74, 6) is -0.764. The van der Waals surface area contributed by atoms with E-state index in [2.05, 4.69) is 0 Å². The first kappa shape index (κ1) is 17.9. The Kier molecular flexibility index (Phi) is 5.13. The molecule has 128 valence electrons. The van der Waals surface area contributed by atoms with E-state index in [1.807, 2.05) is 43.3 Å². The summed E-state index contributed by atoms with van der Waals surface area (Å²) >= 11 is 12.5. The molecule has 2 aromatic rings. The largest absolute Gasteiger partial charge is 0.378 e. The first-order chi connectivity index (χ1) is 11.9. The molecular weight excluding hydrogens is 379 g/mol. The van der Waals surface area contributed by atoms with Crippen LogP contribution < -0.4 is 9.80 Å². The van der Waals surface area contributed by atoms with Gasteiger partial charge < -0.3 is 4.90 Å². The number of halogens is 2. The number of benzene rings is 2. The van der Waals surface area contributed by atoms with Crippen LogP contribution >= 0.6 is 35.6 Å². The standard InChI is InChI=1S/C18H14ClFN2OS2/c1-21(2)11-6-8-12(9-7-11)22-17(23)16(25-18(22)24)10-13-14(19)4-3-5-15(13)20/h3-10H,1-2H3. The van der Waals surface area contributed by atoms with Crippen LogP contribution in [0.15, 0.2) is 47.4 Å². The maximum absolute atomic E-state index is 14.0. The highest BCUT2D eigenvalue weighted by Crippen LogP contribution is 2.37. The Morgan fingerprint density at radius 2 is 1.88 bits per heavy atom. The molecule has 0 aromatic heterocycles. The van der Waals surface area contributed by atoms with Crippen molar-refractivity contribution in [3.63, 3.8) is 0 Å². The van der Waals surface area contributed by atoms with Crippen LogP contribution in [0, 0.1) is 5.82 Å². The van der Waals surface area contributed by atoms with Crippen molar-refractivity contribution in [2.75, 3.05) is 23.9 Å². The Balaban J connectivity index is 1.94. The van der Waals surface area contributed by atoms with Gasteiger partial charge in [-0.25, -0.2) is 4.39 Å². The van der Waals surface area contributed by atoms with Crippen molar-refractivity contribution in [1.82, 2.24) is 0 Å². The molecule has 1 heterocycles. The van der Waals surface area contributed by atoms with E-state index in [-0.39, 0.29) is 16.5 Å². The molecule has 7 heteroatoms. The second-order valence-electron chi connectivity index (χ2n) is 5.56. The number of nitrogens with zero attached hydrogens (tertiary/aromatic N) is 2. The Morgan fingerprint density at radius 1 is 1.20 bits per heavy atom. The molecule has 0 saturated carbocycles. The lowest BCUT2D eigenvalue weighted by Gasteiger charge is -2.17. The topological polar surface area (TPSA) is 23.6 Å². The second-order valence-corrected chi connectivity index (χ2v) is 7.65. The third-order valence-electron chi connectivity index (χ3n) is 3.69. The molecular formula is C18H14ClFN2OS2. The number of rotatable bonds is 3. The van der Waals surface area contributed by atoms with Crippen LogP contribution in [-0.2, 0) is 4.79 Å². The molecule has 3 rings (SSSR count). The zero-order chi connectivity index (χ0) is 18.1. The summed E-state index contributed by atoms with van der Waals surface area (Å²) < 4.78 is 14.4. The molecule has 1 aliphatic rings. The van der Waals surface area contributed by atoms with Crippen molar-refractivity contribution in [3.05, 3.63) is 63.8 Å². The summed E-state index contributed by atoms with van der Waals surface area (Å²) in [5, 5.41) is 0.251. The van der Waals surface area contributed by atoms with Gasteiger partial charge in [0.15, 0.2) is 4.32 Å². The smallest absolute Gasteiger partial charge is 0.270 e. The first-order valence-corrected chi connectivity index (χ1v) is 8.98. The van der Waals surface area contributed by atoms with Gasteiger partial charge >= 0.3 is 0 Å². The summed E-state index contributed by atoms with van der Waals surface area (Å²) in [6, 6.07) is 11.9. The average Bonchev–Trinajstić information content (AvgIpc) is 2.85. The number of hydrogen-bond acceptors (Lipinski definition) is 4. The molecule has 25 heavy (non-hydrogen) atoms. The summed E-state index contributed by atoms with van der Waals surface area (Å²) in [6.07, 6.45) is 1.45. The van der Waals surface area contributed by atoms with Gasteiger partial charge in [-0.05, 0) is 42.5 Å². The average molecular weight is 393 g/mol. The second kappa shape index (κ2) is 7.15. The normalized spacial score (nSPS) is 16.0. The van der Waals surface area contributed by atoms with E-state index in [0.29, 0.717) is 14.9 Å². The van der Waals surface area contributed by atoms with Gasteiger partial charge in [-0.15, -0.1) is 0 Å². The van der Waals surface area contributed by atoms with E-state index in [0.717, 1.165) is 17.4 Å². The molecule has 0 atom stereocenters. The van der Waals surface area contributed by atoms with Crippen LogP contribution in [0.3, 0.4) is 0 Å². The van der Waals surface area contributed by atoms with Crippen LogP contribution in [0.4, 0.5) is 15.8 Å². The highest BCUT2D eigenvalue weighted by Gasteiger charge is 2.33. The van der Waals surface area contributed by atoms with Crippen LogP contribution in [0.25, 0.3) is 6.08 Å². The number of carbonyl (C=O) groups is 1. The summed E-state index contributed by atoms with van der Waals surface area (Å²) in [4.78, 5) is 16.5. The van der Waals surface area contributed by atoms with Gasteiger partial charge in [0.25, 0.3) is 5.91 Å². The number of carbonyl (C=O) groups excluding carboxylic acids is 1. The molecule has 3 nitrogen and oxygen atoms in total. The highest BCUT2D eigenvalue weighted by atomic mass is 35.5. The molecule has 0 radical (unpaired) electrons. The van der Waals surface area contributed by atoms with Crippen molar-refractivity contribution < 1.29 is 9.18 Å². The Morgan fingerprint density at radius 3 is 2.48 bits per heavy atom. The van der Waals surface area contributed by atoms with Gasteiger partial charge in [0.1, 0.15) is 5.82 Å². The van der Waals surface area contributed by atoms with Crippen LogP contribution in [0.1, 0.15) is 5.56 Å². The highest BCUT2D eigenvalue weighted by molar-refractivity contribution is 8.27. The summed E-state index contributed by atoms with van der Waals surface area (Å²) in [6.45, 7) is 0. The maximum Gasteiger partial charge on any atom is 0.270 e. The van der Waals surface area contributed by atoms with Crippen molar-refractivity contribution in [3.8, 4) is 0 Å². The lowest BCUT2D eigenvalue weighted by atomic mass is 10.2. The zero-order valence-electron chi connectivity index (χ0n) is 13.5.